The minimum absolute atomic E-state index is 0. The SMILES string of the molecule is O=Cc1ccc(F)c(F)c1.[H-].[Na+]. The van der Waals surface area contributed by atoms with Crippen molar-refractivity contribution in [1.82, 2.24) is 0 Å². The van der Waals surface area contributed by atoms with E-state index in [0.29, 0.717) is 6.29 Å². The summed E-state index contributed by atoms with van der Waals surface area (Å²) in [4.78, 5) is 9.98. The van der Waals surface area contributed by atoms with Gasteiger partial charge in [0.05, 0.1) is 0 Å². The molecule has 0 N–H and O–H groups in total. The second-order valence-corrected chi connectivity index (χ2v) is 1.79. The van der Waals surface area contributed by atoms with Gasteiger partial charge >= 0.3 is 29.6 Å². The average molecular weight is 166 g/mol. The van der Waals surface area contributed by atoms with Crippen molar-refractivity contribution in [3.8, 4) is 0 Å². The molecule has 0 atom stereocenters. The number of carbonyl (C=O) groups excluding carboxylic acids is 1. The van der Waals surface area contributed by atoms with Crippen molar-refractivity contribution in [3.05, 3.63) is 35.4 Å². The molecule has 0 bridgehead atoms. The molecular formula is C7H5F2NaO. The molecular weight excluding hydrogens is 161 g/mol. The van der Waals surface area contributed by atoms with Crippen LogP contribution in [0.5, 0.6) is 0 Å². The maximum atomic E-state index is 12.2. The fraction of sp³-hybridized carbons (Fsp3) is 0. The van der Waals surface area contributed by atoms with E-state index in [1.807, 2.05) is 0 Å². The van der Waals surface area contributed by atoms with Crippen molar-refractivity contribution in [2.45, 2.75) is 0 Å². The van der Waals surface area contributed by atoms with Crippen LogP contribution in [0.4, 0.5) is 8.78 Å². The molecule has 1 aromatic rings. The van der Waals surface area contributed by atoms with E-state index >= 15 is 0 Å². The van der Waals surface area contributed by atoms with Crippen molar-refractivity contribution in [3.63, 3.8) is 0 Å². The van der Waals surface area contributed by atoms with Crippen molar-refractivity contribution in [2.24, 2.45) is 0 Å². The third kappa shape index (κ3) is 2.69. The second kappa shape index (κ2) is 4.59. The Bertz CT molecular complexity index is 268. The molecule has 0 heterocycles. The van der Waals surface area contributed by atoms with Crippen LogP contribution in [-0.4, -0.2) is 6.29 Å². The molecule has 54 valence electrons. The summed E-state index contributed by atoms with van der Waals surface area (Å²) in [5.74, 6) is -1.94. The summed E-state index contributed by atoms with van der Waals surface area (Å²) in [5, 5.41) is 0. The predicted octanol–water partition coefficient (Wildman–Crippen LogP) is -1.11. The summed E-state index contributed by atoms with van der Waals surface area (Å²) in [6.07, 6.45) is 0.461. The van der Waals surface area contributed by atoms with Crippen LogP contribution in [0.3, 0.4) is 0 Å². The van der Waals surface area contributed by atoms with Gasteiger partial charge in [-0.3, -0.25) is 4.79 Å². The maximum absolute atomic E-state index is 12.2. The largest absolute Gasteiger partial charge is 1.00 e. The zero-order chi connectivity index (χ0) is 7.56. The predicted molar refractivity (Wildman–Crippen MR) is 32.9 cm³/mol. The molecule has 4 heteroatoms. The third-order valence-corrected chi connectivity index (χ3v) is 1.08. The summed E-state index contributed by atoms with van der Waals surface area (Å²) in [5.41, 5.74) is 0.138. The fourth-order valence-electron chi connectivity index (χ4n) is 0.586. The van der Waals surface area contributed by atoms with Gasteiger partial charge in [-0.2, -0.15) is 0 Å². The molecule has 0 spiro atoms. The molecule has 0 aliphatic carbocycles. The summed E-state index contributed by atoms with van der Waals surface area (Å²) >= 11 is 0. The van der Waals surface area contributed by atoms with Gasteiger partial charge in [-0.05, 0) is 18.2 Å². The molecule has 11 heavy (non-hydrogen) atoms. The molecule has 0 aliphatic rings. The van der Waals surface area contributed by atoms with Gasteiger partial charge in [-0.1, -0.05) is 0 Å². The van der Waals surface area contributed by atoms with Crippen LogP contribution >= 0.6 is 0 Å². The van der Waals surface area contributed by atoms with Crippen LogP contribution in [0.2, 0.25) is 0 Å². The van der Waals surface area contributed by atoms with E-state index in [-0.39, 0.29) is 36.5 Å². The summed E-state index contributed by atoms with van der Waals surface area (Å²) in [6, 6.07) is 2.98. The number of halogens is 2. The van der Waals surface area contributed by atoms with E-state index in [2.05, 4.69) is 0 Å². The summed E-state index contributed by atoms with van der Waals surface area (Å²) in [7, 11) is 0. The maximum Gasteiger partial charge on any atom is 1.00 e. The molecule has 0 amide bonds. The monoisotopic (exact) mass is 166 g/mol. The normalized spacial score (nSPS) is 8.55. The van der Waals surface area contributed by atoms with E-state index in [4.69, 9.17) is 0 Å². The van der Waals surface area contributed by atoms with E-state index in [1.54, 1.807) is 0 Å². The number of carbonyl (C=O) groups is 1. The Morgan fingerprint density at radius 2 is 1.91 bits per heavy atom. The Hall–Kier alpha value is -0.250. The molecule has 1 nitrogen and oxygen atoms in total. The molecule has 0 saturated carbocycles. The van der Waals surface area contributed by atoms with Crippen molar-refractivity contribution in [1.29, 1.82) is 0 Å². The smallest absolute Gasteiger partial charge is 1.00 e. The zero-order valence-corrected chi connectivity index (χ0v) is 7.97. The molecule has 0 aromatic heterocycles. The number of rotatable bonds is 1. The standard InChI is InChI=1S/C7H4F2O.Na.H/c8-6-2-1-5(4-10)3-7(6)9;;/h1-4H;;/q;+1;-1. The van der Waals surface area contributed by atoms with Gasteiger partial charge < -0.3 is 1.43 Å². The van der Waals surface area contributed by atoms with Gasteiger partial charge in [-0.15, -0.1) is 0 Å². The third-order valence-electron chi connectivity index (χ3n) is 1.08. The number of hydrogen-bond acceptors (Lipinski definition) is 1. The molecule has 0 radical (unpaired) electrons. The van der Waals surface area contributed by atoms with Crippen molar-refractivity contribution < 1.29 is 44.6 Å². The quantitative estimate of drug-likeness (QED) is 0.382. The van der Waals surface area contributed by atoms with Gasteiger partial charge in [0.25, 0.3) is 0 Å². The molecule has 1 aromatic carbocycles. The minimum atomic E-state index is -0.996. The van der Waals surface area contributed by atoms with Crippen LogP contribution in [0, 0.1) is 11.6 Å². The second-order valence-electron chi connectivity index (χ2n) is 1.79. The molecule has 0 aliphatic heterocycles. The van der Waals surface area contributed by atoms with Gasteiger partial charge in [0.2, 0.25) is 0 Å². The fourth-order valence-corrected chi connectivity index (χ4v) is 0.586. The summed E-state index contributed by atoms with van der Waals surface area (Å²) in [6.45, 7) is 0. The minimum Gasteiger partial charge on any atom is -1.00 e. The Labute approximate surface area is 86.2 Å². The zero-order valence-electron chi connectivity index (χ0n) is 6.97. The Morgan fingerprint density at radius 3 is 2.36 bits per heavy atom. The first kappa shape index (κ1) is 10.8. The van der Waals surface area contributed by atoms with Crippen molar-refractivity contribution >= 4 is 6.29 Å². The summed E-state index contributed by atoms with van der Waals surface area (Å²) < 4.78 is 24.4. The first-order valence-electron chi connectivity index (χ1n) is 2.64. The Kier molecular flexibility index (Phi) is 4.49. The van der Waals surface area contributed by atoms with Gasteiger partial charge in [-0.25, -0.2) is 8.78 Å². The first-order chi connectivity index (χ1) is 4.74. The van der Waals surface area contributed by atoms with E-state index in [1.165, 1.54) is 6.07 Å². The Balaban J connectivity index is 0. The topological polar surface area (TPSA) is 17.1 Å². The van der Waals surface area contributed by atoms with Gasteiger partial charge in [0, 0.05) is 5.56 Å². The number of aldehydes is 1. The van der Waals surface area contributed by atoms with Gasteiger partial charge in [0.15, 0.2) is 11.6 Å². The molecule has 0 fully saturated rings. The molecule has 0 saturated heterocycles. The van der Waals surface area contributed by atoms with Gasteiger partial charge in [0.1, 0.15) is 6.29 Å². The molecule has 0 unspecified atom stereocenters. The van der Waals surface area contributed by atoms with Crippen molar-refractivity contribution in [2.75, 3.05) is 0 Å². The molecule has 1 rings (SSSR count). The van der Waals surface area contributed by atoms with Crippen LogP contribution in [-0.2, 0) is 0 Å². The first-order valence-corrected chi connectivity index (χ1v) is 2.64. The van der Waals surface area contributed by atoms with Crippen LogP contribution < -0.4 is 29.6 Å². The number of benzene rings is 1. The van der Waals surface area contributed by atoms with Crippen LogP contribution in [0.25, 0.3) is 0 Å². The number of hydrogen-bond donors (Lipinski definition) is 0. The average Bonchev–Trinajstić information content (AvgIpc) is 1.95. The van der Waals surface area contributed by atoms with E-state index < -0.39 is 11.6 Å². The van der Waals surface area contributed by atoms with Crippen LogP contribution in [0.15, 0.2) is 18.2 Å². The van der Waals surface area contributed by atoms with Crippen LogP contribution in [0.1, 0.15) is 11.8 Å². The van der Waals surface area contributed by atoms with E-state index in [9.17, 15) is 13.6 Å². The Morgan fingerprint density at radius 1 is 1.27 bits per heavy atom. The van der Waals surface area contributed by atoms with E-state index in [0.717, 1.165) is 12.1 Å².